The normalized spacial score (nSPS) is 21.8. The molecule has 1 aliphatic rings. The summed E-state index contributed by atoms with van der Waals surface area (Å²) in [6, 6.07) is 6.56. The number of anilines is 1. The third-order valence-electron chi connectivity index (χ3n) is 4.74. The largest absolute Gasteiger partial charge is 0.384 e. The Morgan fingerprint density at radius 1 is 1.35 bits per heavy atom. The summed E-state index contributed by atoms with van der Waals surface area (Å²) < 4.78 is 26.6. The number of nitrogens with one attached hydrogen (secondary N) is 1. The number of fused-ring (bicyclic) bond motifs is 1. The van der Waals surface area contributed by atoms with Crippen LogP contribution in [-0.4, -0.2) is 41.2 Å². The van der Waals surface area contributed by atoms with Gasteiger partial charge in [0.25, 0.3) is 6.43 Å². The molecule has 1 saturated heterocycles. The maximum absolute atomic E-state index is 13.3. The molecule has 2 aromatic rings. The first-order valence-electron chi connectivity index (χ1n) is 8.76. The number of aliphatic hydroxyl groups excluding tert-OH is 1. The van der Waals surface area contributed by atoms with E-state index in [1.165, 1.54) is 19.2 Å². The molecule has 0 aliphatic carbocycles. The van der Waals surface area contributed by atoms with Gasteiger partial charge in [-0.2, -0.15) is 0 Å². The molecule has 3 atom stereocenters. The average molecular weight is 363 g/mol. The highest BCUT2D eigenvalue weighted by molar-refractivity contribution is 5.94. The summed E-state index contributed by atoms with van der Waals surface area (Å²) in [6.07, 6.45) is -1.32. The van der Waals surface area contributed by atoms with Gasteiger partial charge < -0.3 is 15.3 Å². The Hall–Kier alpha value is -2.28. The van der Waals surface area contributed by atoms with Gasteiger partial charge in [-0.15, -0.1) is 0 Å². The molecule has 1 aromatic heterocycles. The average Bonchev–Trinajstić information content (AvgIpc) is 2.59. The lowest BCUT2D eigenvalue weighted by Gasteiger charge is -2.39. The molecule has 1 amide bonds. The monoisotopic (exact) mass is 363 g/mol. The lowest BCUT2D eigenvalue weighted by atomic mass is 9.94. The van der Waals surface area contributed by atoms with Crippen LogP contribution in [0.2, 0.25) is 0 Å². The number of benzene rings is 1. The minimum Gasteiger partial charge on any atom is -0.384 e. The highest BCUT2D eigenvalue weighted by atomic mass is 19.3. The van der Waals surface area contributed by atoms with E-state index in [0.717, 1.165) is 18.7 Å². The van der Waals surface area contributed by atoms with Crippen LogP contribution in [0.5, 0.6) is 0 Å². The first-order chi connectivity index (χ1) is 12.4. The van der Waals surface area contributed by atoms with E-state index in [-0.39, 0.29) is 11.6 Å². The zero-order valence-electron chi connectivity index (χ0n) is 14.8. The second kappa shape index (κ2) is 7.53. The predicted octanol–water partition coefficient (Wildman–Crippen LogP) is 2.88. The number of nitrogens with zero attached hydrogens (tertiary/aromatic N) is 2. The van der Waals surface area contributed by atoms with Gasteiger partial charge in [0.1, 0.15) is 6.10 Å². The highest BCUT2D eigenvalue weighted by Gasteiger charge is 2.28. The van der Waals surface area contributed by atoms with Crippen molar-refractivity contribution in [1.29, 1.82) is 0 Å². The molecule has 3 unspecified atom stereocenters. The third-order valence-corrected chi connectivity index (χ3v) is 4.74. The lowest BCUT2D eigenvalue weighted by molar-refractivity contribution is -0.129. The molecule has 0 bridgehead atoms. The number of hydrogen-bond donors (Lipinski definition) is 2. The van der Waals surface area contributed by atoms with Crippen LogP contribution >= 0.6 is 0 Å². The molecule has 5 nitrogen and oxygen atoms in total. The smallest absolute Gasteiger partial charge is 0.265 e. The van der Waals surface area contributed by atoms with Crippen LogP contribution < -0.4 is 10.2 Å². The number of piperidine rings is 1. The summed E-state index contributed by atoms with van der Waals surface area (Å²) in [5.74, 6) is -0.0897. The van der Waals surface area contributed by atoms with Crippen LogP contribution in [0, 0.1) is 5.92 Å². The molecule has 0 spiro atoms. The molecule has 1 aromatic carbocycles. The number of amides is 1. The van der Waals surface area contributed by atoms with E-state index < -0.39 is 18.4 Å². The van der Waals surface area contributed by atoms with Gasteiger partial charge in [0.05, 0.1) is 5.52 Å². The Kier molecular flexibility index (Phi) is 5.36. The van der Waals surface area contributed by atoms with Crippen molar-refractivity contribution < 1.29 is 18.7 Å². The quantitative estimate of drug-likeness (QED) is 0.877. The maximum atomic E-state index is 13.3. The summed E-state index contributed by atoms with van der Waals surface area (Å²) in [7, 11) is 0. The number of aromatic nitrogens is 1. The van der Waals surface area contributed by atoms with Crippen LogP contribution in [0.25, 0.3) is 10.9 Å². The Morgan fingerprint density at radius 3 is 2.81 bits per heavy atom. The summed E-state index contributed by atoms with van der Waals surface area (Å²) in [5, 5.41) is 13.0. The molecule has 3 rings (SSSR count). The van der Waals surface area contributed by atoms with Gasteiger partial charge in [-0.25, -0.2) is 8.78 Å². The maximum Gasteiger partial charge on any atom is 0.265 e. The number of halogens is 2. The standard InChI is InChI=1S/C19H23F2N3O2/c1-11-8-13(23-19(26)12(2)25)10-24(9-11)16-6-5-15(18(20)21)17-14(16)4-3-7-22-17/h3-7,11-13,18,25H,8-10H2,1-2H3,(H,23,26). The first kappa shape index (κ1) is 18.5. The van der Waals surface area contributed by atoms with Gasteiger partial charge in [0.15, 0.2) is 0 Å². The van der Waals surface area contributed by atoms with Gasteiger partial charge in [-0.1, -0.05) is 6.92 Å². The van der Waals surface area contributed by atoms with Crippen molar-refractivity contribution in [2.45, 2.75) is 38.8 Å². The van der Waals surface area contributed by atoms with E-state index in [1.807, 2.05) is 0 Å². The van der Waals surface area contributed by atoms with Crippen molar-refractivity contribution in [3.63, 3.8) is 0 Å². The molecule has 7 heteroatoms. The van der Waals surface area contributed by atoms with Crippen molar-refractivity contribution in [3.05, 3.63) is 36.0 Å². The number of carbonyl (C=O) groups excluding carboxylic acids is 1. The number of carbonyl (C=O) groups is 1. The van der Waals surface area contributed by atoms with Gasteiger partial charge in [0, 0.05) is 42.0 Å². The van der Waals surface area contributed by atoms with E-state index >= 15 is 0 Å². The van der Waals surface area contributed by atoms with Crippen molar-refractivity contribution in [2.75, 3.05) is 18.0 Å². The molecule has 140 valence electrons. The Morgan fingerprint density at radius 2 is 2.12 bits per heavy atom. The Balaban J connectivity index is 1.93. The van der Waals surface area contributed by atoms with Crippen LogP contribution in [0.1, 0.15) is 32.3 Å². The number of pyridine rings is 1. The van der Waals surface area contributed by atoms with Crippen molar-refractivity contribution >= 4 is 22.5 Å². The molecular formula is C19H23F2N3O2. The van der Waals surface area contributed by atoms with Crippen LogP contribution in [0.3, 0.4) is 0 Å². The minimum absolute atomic E-state index is 0.0756. The fourth-order valence-electron chi connectivity index (χ4n) is 3.61. The first-order valence-corrected chi connectivity index (χ1v) is 8.76. The molecular weight excluding hydrogens is 340 g/mol. The molecule has 0 radical (unpaired) electrons. The zero-order chi connectivity index (χ0) is 18.8. The van der Waals surface area contributed by atoms with Gasteiger partial charge in [-0.05, 0) is 43.5 Å². The fraction of sp³-hybridized carbons (Fsp3) is 0.474. The lowest BCUT2D eigenvalue weighted by Crippen LogP contribution is -2.52. The molecule has 0 saturated carbocycles. The van der Waals surface area contributed by atoms with Gasteiger partial charge in [0.2, 0.25) is 5.91 Å². The van der Waals surface area contributed by atoms with E-state index in [2.05, 4.69) is 22.1 Å². The number of alkyl halides is 2. The topological polar surface area (TPSA) is 65.5 Å². The third kappa shape index (κ3) is 3.77. The molecule has 26 heavy (non-hydrogen) atoms. The van der Waals surface area contributed by atoms with Crippen molar-refractivity contribution in [3.8, 4) is 0 Å². The zero-order valence-corrected chi connectivity index (χ0v) is 14.8. The summed E-state index contributed by atoms with van der Waals surface area (Å²) in [5.41, 5.74) is 1.07. The second-order valence-corrected chi connectivity index (χ2v) is 7.00. The fourth-order valence-corrected chi connectivity index (χ4v) is 3.61. The highest BCUT2D eigenvalue weighted by Crippen LogP contribution is 2.34. The van der Waals surface area contributed by atoms with E-state index in [9.17, 15) is 18.7 Å². The van der Waals surface area contributed by atoms with Gasteiger partial charge >= 0.3 is 0 Å². The summed E-state index contributed by atoms with van der Waals surface area (Å²) in [4.78, 5) is 18.1. The molecule has 1 fully saturated rings. The van der Waals surface area contributed by atoms with E-state index in [0.29, 0.717) is 23.4 Å². The Labute approximate surface area is 151 Å². The second-order valence-electron chi connectivity index (χ2n) is 7.00. The minimum atomic E-state index is -2.58. The molecule has 2 heterocycles. The van der Waals surface area contributed by atoms with Crippen LogP contribution in [0.15, 0.2) is 30.5 Å². The van der Waals surface area contributed by atoms with Crippen LogP contribution in [-0.2, 0) is 4.79 Å². The van der Waals surface area contributed by atoms with E-state index in [4.69, 9.17) is 0 Å². The van der Waals surface area contributed by atoms with Crippen molar-refractivity contribution in [1.82, 2.24) is 10.3 Å². The van der Waals surface area contributed by atoms with Gasteiger partial charge in [-0.3, -0.25) is 9.78 Å². The molecule has 1 aliphatic heterocycles. The van der Waals surface area contributed by atoms with E-state index in [1.54, 1.807) is 18.2 Å². The number of hydrogen-bond acceptors (Lipinski definition) is 4. The molecule has 2 N–H and O–H groups in total. The number of aliphatic hydroxyl groups is 1. The van der Waals surface area contributed by atoms with Crippen molar-refractivity contribution in [2.24, 2.45) is 5.92 Å². The number of rotatable bonds is 4. The van der Waals surface area contributed by atoms with Crippen LogP contribution in [0.4, 0.5) is 14.5 Å². The summed E-state index contributed by atoms with van der Waals surface area (Å²) in [6.45, 7) is 4.84. The Bertz CT molecular complexity index is 797. The predicted molar refractivity (Wildman–Crippen MR) is 96.3 cm³/mol. The summed E-state index contributed by atoms with van der Waals surface area (Å²) >= 11 is 0. The SMILES string of the molecule is CC1CC(NC(=O)C(C)O)CN(c2ccc(C(F)F)c3ncccc23)C1.